The van der Waals surface area contributed by atoms with Crippen molar-refractivity contribution in [2.24, 2.45) is 0 Å². The van der Waals surface area contributed by atoms with Gasteiger partial charge in [-0.1, -0.05) is 57.9 Å². The lowest BCUT2D eigenvalue weighted by atomic mass is 10.1. The summed E-state index contributed by atoms with van der Waals surface area (Å²) in [6, 6.07) is 24.9. The van der Waals surface area contributed by atoms with Crippen molar-refractivity contribution in [1.29, 1.82) is 0 Å². The van der Waals surface area contributed by atoms with Gasteiger partial charge in [0.2, 0.25) is 11.8 Å². The molecule has 134 valence electrons. The number of benzene rings is 3. The van der Waals surface area contributed by atoms with Crippen LogP contribution in [0.5, 0.6) is 0 Å². The van der Waals surface area contributed by atoms with Gasteiger partial charge in [0.25, 0.3) is 0 Å². The molecule has 0 spiro atoms. The second kappa shape index (κ2) is 7.94. The third-order valence-electron chi connectivity index (χ3n) is 4.05. The first-order chi connectivity index (χ1) is 13.2. The van der Waals surface area contributed by atoms with Crippen LogP contribution in [0.1, 0.15) is 17.5 Å². The van der Waals surface area contributed by atoms with Crippen LogP contribution >= 0.6 is 27.5 Å². The summed E-state index contributed by atoms with van der Waals surface area (Å²) < 4.78 is 7.00. The molecule has 0 saturated heterocycles. The van der Waals surface area contributed by atoms with Crippen LogP contribution in [-0.4, -0.2) is 10.2 Å². The molecule has 1 aromatic heterocycles. The van der Waals surface area contributed by atoms with Crippen molar-refractivity contribution < 1.29 is 4.42 Å². The molecule has 1 N–H and O–H groups in total. The van der Waals surface area contributed by atoms with Crippen LogP contribution in [0.4, 0.5) is 5.69 Å². The van der Waals surface area contributed by atoms with E-state index >= 15 is 0 Å². The summed E-state index contributed by atoms with van der Waals surface area (Å²) in [6.07, 6.45) is 0. The number of aromatic nitrogens is 2. The lowest BCUT2D eigenvalue weighted by molar-refractivity contribution is 0.494. The van der Waals surface area contributed by atoms with Gasteiger partial charge in [-0.2, -0.15) is 0 Å². The second-order valence-corrected chi connectivity index (χ2v) is 7.30. The first kappa shape index (κ1) is 17.8. The van der Waals surface area contributed by atoms with Crippen molar-refractivity contribution in [3.05, 3.63) is 99.8 Å². The Bertz CT molecular complexity index is 1030. The van der Waals surface area contributed by atoms with Crippen molar-refractivity contribution in [3.8, 4) is 11.5 Å². The van der Waals surface area contributed by atoms with Crippen LogP contribution in [0.15, 0.2) is 87.8 Å². The van der Waals surface area contributed by atoms with E-state index in [-0.39, 0.29) is 6.04 Å². The van der Waals surface area contributed by atoms with E-state index in [1.54, 1.807) is 0 Å². The quantitative estimate of drug-likeness (QED) is 0.392. The summed E-state index contributed by atoms with van der Waals surface area (Å²) in [6.45, 7) is 0. The lowest BCUT2D eigenvalue weighted by Crippen LogP contribution is -2.13. The van der Waals surface area contributed by atoms with E-state index in [1.165, 1.54) is 0 Å². The first-order valence-corrected chi connectivity index (χ1v) is 9.52. The average Bonchev–Trinajstić information content (AvgIpc) is 3.18. The Kier molecular flexibility index (Phi) is 5.23. The molecule has 4 aromatic rings. The van der Waals surface area contributed by atoms with Gasteiger partial charge in [-0.3, -0.25) is 0 Å². The zero-order chi connectivity index (χ0) is 18.6. The Morgan fingerprint density at radius 3 is 2.41 bits per heavy atom. The molecule has 27 heavy (non-hydrogen) atoms. The van der Waals surface area contributed by atoms with Gasteiger partial charge in [0.05, 0.1) is 0 Å². The van der Waals surface area contributed by atoms with Gasteiger partial charge in [-0.15, -0.1) is 10.2 Å². The van der Waals surface area contributed by atoms with Gasteiger partial charge in [-0.05, 0) is 54.1 Å². The molecule has 0 saturated carbocycles. The molecule has 0 unspecified atom stereocenters. The second-order valence-electron chi connectivity index (χ2n) is 5.95. The molecule has 0 bridgehead atoms. The Morgan fingerprint density at radius 2 is 1.67 bits per heavy atom. The standard InChI is InChI=1S/C21H15BrClN3O/c22-16-9-11-18(12-10-16)24-19(15-7-4-8-17(23)13-15)21-26-25-20(27-21)14-5-2-1-3-6-14/h1-13,19,24H/t19-/m0/s1. The highest BCUT2D eigenvalue weighted by molar-refractivity contribution is 9.10. The van der Waals surface area contributed by atoms with Crippen molar-refractivity contribution in [1.82, 2.24) is 10.2 Å². The third kappa shape index (κ3) is 4.21. The monoisotopic (exact) mass is 439 g/mol. The molecular formula is C21H15BrClN3O. The third-order valence-corrected chi connectivity index (χ3v) is 4.81. The Balaban J connectivity index is 1.71. The van der Waals surface area contributed by atoms with Crippen molar-refractivity contribution in [2.45, 2.75) is 6.04 Å². The van der Waals surface area contributed by atoms with Crippen LogP contribution in [0.2, 0.25) is 5.02 Å². The van der Waals surface area contributed by atoms with Crippen molar-refractivity contribution >= 4 is 33.2 Å². The van der Waals surface area contributed by atoms with E-state index in [2.05, 4.69) is 31.4 Å². The molecule has 0 fully saturated rings. The topological polar surface area (TPSA) is 51.0 Å². The number of nitrogens with zero attached hydrogens (tertiary/aromatic N) is 2. The number of anilines is 1. The lowest BCUT2D eigenvalue weighted by Gasteiger charge is -2.17. The Labute approximate surface area is 170 Å². The van der Waals surface area contributed by atoms with Crippen LogP contribution in [0.25, 0.3) is 11.5 Å². The van der Waals surface area contributed by atoms with Crippen molar-refractivity contribution in [3.63, 3.8) is 0 Å². The fourth-order valence-electron chi connectivity index (χ4n) is 2.74. The minimum atomic E-state index is -0.324. The molecule has 1 heterocycles. The van der Waals surface area contributed by atoms with Crippen LogP contribution in [-0.2, 0) is 0 Å². The summed E-state index contributed by atoms with van der Waals surface area (Å²) >= 11 is 9.65. The predicted molar refractivity (Wildman–Crippen MR) is 111 cm³/mol. The Hall–Kier alpha value is -2.63. The first-order valence-electron chi connectivity index (χ1n) is 8.35. The van der Waals surface area contributed by atoms with E-state index in [1.807, 2.05) is 78.9 Å². The molecule has 4 rings (SSSR count). The van der Waals surface area contributed by atoms with Crippen LogP contribution < -0.4 is 5.32 Å². The van der Waals surface area contributed by atoms with E-state index in [9.17, 15) is 0 Å². The molecular weight excluding hydrogens is 426 g/mol. The normalized spacial score (nSPS) is 11.9. The smallest absolute Gasteiger partial charge is 0.247 e. The fraction of sp³-hybridized carbons (Fsp3) is 0.0476. The summed E-state index contributed by atoms with van der Waals surface area (Å²) in [5, 5.41) is 12.6. The van der Waals surface area contributed by atoms with Crippen LogP contribution in [0.3, 0.4) is 0 Å². The minimum Gasteiger partial charge on any atom is -0.418 e. The summed E-state index contributed by atoms with van der Waals surface area (Å²) in [4.78, 5) is 0. The fourth-order valence-corrected chi connectivity index (χ4v) is 3.20. The van der Waals surface area contributed by atoms with Gasteiger partial charge in [-0.25, -0.2) is 0 Å². The van der Waals surface area contributed by atoms with Gasteiger partial charge in [0.15, 0.2) is 0 Å². The highest BCUT2D eigenvalue weighted by Crippen LogP contribution is 2.30. The molecule has 0 aliphatic rings. The predicted octanol–water partition coefficient (Wildman–Crippen LogP) is 6.35. The number of nitrogens with one attached hydrogen (secondary N) is 1. The van der Waals surface area contributed by atoms with Gasteiger partial charge in [0.1, 0.15) is 6.04 Å². The zero-order valence-corrected chi connectivity index (χ0v) is 16.5. The number of rotatable bonds is 5. The molecule has 1 atom stereocenters. The molecule has 6 heteroatoms. The highest BCUT2D eigenvalue weighted by atomic mass is 79.9. The molecule has 3 aromatic carbocycles. The average molecular weight is 441 g/mol. The molecule has 0 aliphatic heterocycles. The summed E-state index contributed by atoms with van der Waals surface area (Å²) in [7, 11) is 0. The molecule has 0 aliphatic carbocycles. The maximum absolute atomic E-state index is 6.20. The van der Waals surface area contributed by atoms with E-state index in [4.69, 9.17) is 16.0 Å². The van der Waals surface area contributed by atoms with E-state index in [0.29, 0.717) is 16.8 Å². The van der Waals surface area contributed by atoms with Gasteiger partial charge >= 0.3 is 0 Å². The summed E-state index contributed by atoms with van der Waals surface area (Å²) in [5.41, 5.74) is 2.75. The highest BCUT2D eigenvalue weighted by Gasteiger charge is 2.22. The minimum absolute atomic E-state index is 0.324. The maximum Gasteiger partial charge on any atom is 0.247 e. The maximum atomic E-state index is 6.20. The van der Waals surface area contributed by atoms with E-state index in [0.717, 1.165) is 21.3 Å². The molecule has 4 nitrogen and oxygen atoms in total. The van der Waals surface area contributed by atoms with E-state index < -0.39 is 0 Å². The van der Waals surface area contributed by atoms with Gasteiger partial charge in [0, 0.05) is 20.7 Å². The zero-order valence-electron chi connectivity index (χ0n) is 14.1. The number of halogens is 2. The number of hydrogen-bond acceptors (Lipinski definition) is 4. The van der Waals surface area contributed by atoms with Crippen molar-refractivity contribution in [2.75, 3.05) is 5.32 Å². The summed E-state index contributed by atoms with van der Waals surface area (Å²) in [5.74, 6) is 0.953. The largest absolute Gasteiger partial charge is 0.418 e. The van der Waals surface area contributed by atoms with Crippen LogP contribution in [0, 0.1) is 0 Å². The SMILES string of the molecule is Clc1cccc([C@H](Nc2ccc(Br)cc2)c2nnc(-c3ccccc3)o2)c1. The number of hydrogen-bond donors (Lipinski definition) is 1. The van der Waals surface area contributed by atoms with Gasteiger partial charge < -0.3 is 9.73 Å². The molecule has 0 radical (unpaired) electrons. The Morgan fingerprint density at radius 1 is 0.889 bits per heavy atom. The molecule has 0 amide bonds.